The summed E-state index contributed by atoms with van der Waals surface area (Å²) in [5.74, 6) is 1.56. The topological polar surface area (TPSA) is 30.5 Å². The van der Waals surface area contributed by atoms with E-state index in [1.54, 1.807) is 0 Å². The van der Waals surface area contributed by atoms with Gasteiger partial charge in [-0.2, -0.15) is 0 Å². The van der Waals surface area contributed by atoms with Gasteiger partial charge in [-0.25, -0.2) is 0 Å². The van der Waals surface area contributed by atoms with E-state index in [0.717, 1.165) is 34.9 Å². The summed E-state index contributed by atoms with van der Waals surface area (Å²) in [5.41, 5.74) is 5.96. The molecule has 3 heteroatoms. The molecular weight excluding hydrogens is 334 g/mol. The second-order valence-corrected chi connectivity index (χ2v) is 6.66. The van der Waals surface area contributed by atoms with E-state index in [4.69, 9.17) is 9.47 Å². The minimum Gasteiger partial charge on any atom is -0.490 e. The Labute approximate surface area is 162 Å². The Bertz CT molecular complexity index is 875. The van der Waals surface area contributed by atoms with Crippen molar-refractivity contribution in [1.82, 2.24) is 0 Å². The smallest absolute Gasteiger partial charge is 0.161 e. The van der Waals surface area contributed by atoms with Gasteiger partial charge in [0.2, 0.25) is 0 Å². The van der Waals surface area contributed by atoms with Crippen LogP contribution in [0.5, 0.6) is 11.5 Å². The highest BCUT2D eigenvalue weighted by molar-refractivity contribution is 5.53. The summed E-state index contributed by atoms with van der Waals surface area (Å²) >= 11 is 0. The van der Waals surface area contributed by atoms with Gasteiger partial charge in [0.15, 0.2) is 11.5 Å². The van der Waals surface area contributed by atoms with Crippen molar-refractivity contribution in [3.8, 4) is 11.5 Å². The van der Waals surface area contributed by atoms with Crippen LogP contribution in [0.25, 0.3) is 0 Å². The zero-order valence-electron chi connectivity index (χ0n) is 16.3. The third-order valence-corrected chi connectivity index (χ3v) is 4.42. The first kappa shape index (κ1) is 18.8. The first-order chi connectivity index (χ1) is 13.2. The quantitative estimate of drug-likeness (QED) is 0.542. The Morgan fingerprint density at radius 2 is 1.59 bits per heavy atom. The molecule has 0 spiro atoms. The van der Waals surface area contributed by atoms with Crippen molar-refractivity contribution in [3.63, 3.8) is 0 Å². The monoisotopic (exact) mass is 361 g/mol. The first-order valence-corrected chi connectivity index (χ1v) is 9.39. The van der Waals surface area contributed by atoms with Crippen LogP contribution < -0.4 is 14.8 Å². The van der Waals surface area contributed by atoms with Gasteiger partial charge >= 0.3 is 0 Å². The number of nitrogens with one attached hydrogen (secondary N) is 1. The Kier molecular flexibility index (Phi) is 6.37. The minimum atomic E-state index is 0.529. The molecule has 27 heavy (non-hydrogen) atoms. The van der Waals surface area contributed by atoms with Gasteiger partial charge in [-0.1, -0.05) is 48.5 Å². The average Bonchev–Trinajstić information content (AvgIpc) is 2.69. The van der Waals surface area contributed by atoms with Crippen LogP contribution in [-0.4, -0.2) is 6.61 Å². The molecule has 0 saturated carbocycles. The van der Waals surface area contributed by atoms with Gasteiger partial charge in [0.25, 0.3) is 0 Å². The fourth-order valence-corrected chi connectivity index (χ4v) is 2.91. The van der Waals surface area contributed by atoms with Crippen LogP contribution in [0.3, 0.4) is 0 Å². The molecule has 3 nitrogen and oxygen atoms in total. The molecule has 0 atom stereocenters. The van der Waals surface area contributed by atoms with Gasteiger partial charge in [-0.05, 0) is 61.2 Å². The van der Waals surface area contributed by atoms with E-state index in [1.165, 1.54) is 11.1 Å². The molecule has 0 aliphatic heterocycles. The van der Waals surface area contributed by atoms with Crippen LogP contribution >= 0.6 is 0 Å². The molecule has 0 aromatic heterocycles. The van der Waals surface area contributed by atoms with Gasteiger partial charge in [0.1, 0.15) is 6.61 Å². The molecule has 0 radical (unpaired) electrons. The number of benzene rings is 3. The van der Waals surface area contributed by atoms with Crippen molar-refractivity contribution in [1.29, 1.82) is 0 Å². The van der Waals surface area contributed by atoms with Gasteiger partial charge in [-0.15, -0.1) is 0 Å². The lowest BCUT2D eigenvalue weighted by Gasteiger charge is -2.15. The van der Waals surface area contributed by atoms with Crippen molar-refractivity contribution in [2.75, 3.05) is 11.9 Å². The molecule has 140 valence electrons. The van der Waals surface area contributed by atoms with E-state index in [1.807, 2.05) is 31.2 Å². The maximum absolute atomic E-state index is 5.98. The molecular formula is C24H27NO2. The number of ether oxygens (including phenoxy) is 2. The normalized spacial score (nSPS) is 10.5. The molecule has 0 fully saturated rings. The lowest BCUT2D eigenvalue weighted by molar-refractivity contribution is 0.269. The predicted molar refractivity (Wildman–Crippen MR) is 112 cm³/mol. The largest absolute Gasteiger partial charge is 0.490 e. The van der Waals surface area contributed by atoms with Crippen LogP contribution in [-0.2, 0) is 13.2 Å². The standard InChI is InChI=1S/C24H27NO2/c1-4-26-24-15-21(16-25-22-14-18(2)10-11-19(22)3)12-13-23(24)27-17-20-8-6-5-7-9-20/h5-15,25H,4,16-17H2,1-3H3. The summed E-state index contributed by atoms with van der Waals surface area (Å²) in [4.78, 5) is 0. The van der Waals surface area contributed by atoms with Gasteiger partial charge in [0, 0.05) is 12.2 Å². The van der Waals surface area contributed by atoms with Crippen LogP contribution in [0.1, 0.15) is 29.2 Å². The maximum atomic E-state index is 5.98. The van der Waals surface area contributed by atoms with Crippen molar-refractivity contribution in [2.45, 2.75) is 33.9 Å². The number of hydrogen-bond donors (Lipinski definition) is 1. The second kappa shape index (κ2) is 9.13. The van der Waals surface area contributed by atoms with Gasteiger partial charge < -0.3 is 14.8 Å². The molecule has 3 aromatic rings. The zero-order valence-corrected chi connectivity index (χ0v) is 16.3. The summed E-state index contributed by atoms with van der Waals surface area (Å²) < 4.78 is 11.8. The third kappa shape index (κ3) is 5.27. The highest BCUT2D eigenvalue weighted by Crippen LogP contribution is 2.30. The fraction of sp³-hybridized carbons (Fsp3) is 0.250. The molecule has 3 aromatic carbocycles. The molecule has 1 N–H and O–H groups in total. The lowest BCUT2D eigenvalue weighted by Crippen LogP contribution is -2.04. The number of hydrogen-bond acceptors (Lipinski definition) is 3. The fourth-order valence-electron chi connectivity index (χ4n) is 2.91. The first-order valence-electron chi connectivity index (χ1n) is 9.39. The Morgan fingerprint density at radius 3 is 2.37 bits per heavy atom. The zero-order chi connectivity index (χ0) is 19.1. The van der Waals surface area contributed by atoms with E-state index in [0.29, 0.717) is 13.2 Å². The number of rotatable bonds is 8. The van der Waals surface area contributed by atoms with Gasteiger partial charge in [0.05, 0.1) is 6.61 Å². The molecule has 0 aliphatic rings. The lowest BCUT2D eigenvalue weighted by atomic mass is 10.1. The summed E-state index contributed by atoms with van der Waals surface area (Å²) in [7, 11) is 0. The molecule has 0 heterocycles. The number of anilines is 1. The molecule has 0 saturated heterocycles. The maximum Gasteiger partial charge on any atom is 0.161 e. The Hall–Kier alpha value is -2.94. The Morgan fingerprint density at radius 1 is 0.778 bits per heavy atom. The molecule has 0 amide bonds. The Balaban J connectivity index is 1.69. The van der Waals surface area contributed by atoms with E-state index in [-0.39, 0.29) is 0 Å². The van der Waals surface area contributed by atoms with Crippen LogP contribution in [0, 0.1) is 13.8 Å². The second-order valence-electron chi connectivity index (χ2n) is 6.66. The summed E-state index contributed by atoms with van der Waals surface area (Å²) in [6.07, 6.45) is 0. The minimum absolute atomic E-state index is 0.529. The predicted octanol–water partition coefficient (Wildman–Crippen LogP) is 5.89. The molecule has 3 rings (SSSR count). The molecule has 0 bridgehead atoms. The van der Waals surface area contributed by atoms with Crippen molar-refractivity contribution in [3.05, 3.63) is 89.0 Å². The van der Waals surface area contributed by atoms with Crippen LogP contribution in [0.15, 0.2) is 66.7 Å². The van der Waals surface area contributed by atoms with Crippen molar-refractivity contribution in [2.24, 2.45) is 0 Å². The summed E-state index contributed by atoms with van der Waals surface area (Å²) in [6.45, 7) is 8.09. The average molecular weight is 361 g/mol. The van der Waals surface area contributed by atoms with E-state index in [9.17, 15) is 0 Å². The summed E-state index contributed by atoms with van der Waals surface area (Å²) in [5, 5.41) is 3.52. The van der Waals surface area contributed by atoms with Crippen molar-refractivity contribution >= 4 is 5.69 Å². The molecule has 0 aliphatic carbocycles. The third-order valence-electron chi connectivity index (χ3n) is 4.42. The highest BCUT2D eigenvalue weighted by Gasteiger charge is 2.08. The summed E-state index contributed by atoms with van der Waals surface area (Å²) in [6, 6.07) is 22.7. The SMILES string of the molecule is CCOc1cc(CNc2cc(C)ccc2C)ccc1OCc1ccccc1. The van der Waals surface area contributed by atoms with Crippen molar-refractivity contribution < 1.29 is 9.47 Å². The molecule has 0 unspecified atom stereocenters. The van der Waals surface area contributed by atoms with E-state index < -0.39 is 0 Å². The van der Waals surface area contributed by atoms with Crippen LogP contribution in [0.2, 0.25) is 0 Å². The highest BCUT2D eigenvalue weighted by atomic mass is 16.5. The number of aryl methyl sites for hydroxylation is 2. The van der Waals surface area contributed by atoms with Gasteiger partial charge in [-0.3, -0.25) is 0 Å². The van der Waals surface area contributed by atoms with E-state index in [2.05, 4.69) is 61.6 Å². The van der Waals surface area contributed by atoms with E-state index >= 15 is 0 Å². The van der Waals surface area contributed by atoms with Crippen LogP contribution in [0.4, 0.5) is 5.69 Å².